The maximum Gasteiger partial charge on any atom is 0.337 e. The number of rotatable bonds is 4. The maximum absolute atomic E-state index is 11.4. The summed E-state index contributed by atoms with van der Waals surface area (Å²) in [6.07, 6.45) is 2.24. The normalized spacial score (nSPS) is 16.5. The Morgan fingerprint density at radius 3 is 2.50 bits per heavy atom. The first-order chi connectivity index (χ1) is 9.52. The van der Waals surface area contributed by atoms with Crippen LogP contribution in [0, 0.1) is 11.8 Å². The van der Waals surface area contributed by atoms with Gasteiger partial charge in [0.1, 0.15) is 5.75 Å². The molecule has 1 aromatic carbocycles. The van der Waals surface area contributed by atoms with Crippen LogP contribution in [0.3, 0.4) is 0 Å². The van der Waals surface area contributed by atoms with E-state index in [1.165, 1.54) is 0 Å². The molecule has 4 nitrogen and oxygen atoms in total. The second-order valence-electron chi connectivity index (χ2n) is 5.76. The van der Waals surface area contributed by atoms with Gasteiger partial charge in [0.15, 0.2) is 0 Å². The molecular formula is C16H23NO3. The van der Waals surface area contributed by atoms with E-state index in [9.17, 15) is 9.90 Å². The highest BCUT2D eigenvalue weighted by molar-refractivity contribution is 5.94. The van der Waals surface area contributed by atoms with Gasteiger partial charge < -0.3 is 14.7 Å². The minimum atomic E-state index is -0.881. The number of ether oxygens (including phenoxy) is 1. The van der Waals surface area contributed by atoms with Crippen molar-refractivity contribution < 1.29 is 14.6 Å². The summed E-state index contributed by atoms with van der Waals surface area (Å²) < 4.78 is 5.22. The number of nitrogens with zero attached hydrogens (tertiary/aromatic N) is 1. The molecule has 1 N–H and O–H groups in total. The van der Waals surface area contributed by atoms with E-state index in [1.807, 2.05) is 6.07 Å². The lowest BCUT2D eigenvalue weighted by molar-refractivity contribution is 0.0697. The monoisotopic (exact) mass is 277 g/mol. The number of hydrogen-bond acceptors (Lipinski definition) is 3. The largest absolute Gasteiger partial charge is 0.497 e. The van der Waals surface area contributed by atoms with Gasteiger partial charge in [-0.3, -0.25) is 0 Å². The van der Waals surface area contributed by atoms with Gasteiger partial charge in [0.05, 0.1) is 18.4 Å². The summed E-state index contributed by atoms with van der Waals surface area (Å²) in [5.74, 6) is 1.26. The standard InChI is InChI=1S/C16H23NO3/c1-11(2)12-6-8-17(9-7-12)15-10-13(20-3)4-5-14(15)16(18)19/h4-5,10-12H,6-9H2,1-3H3,(H,18,19). The van der Waals surface area contributed by atoms with Crippen molar-refractivity contribution in [3.8, 4) is 5.75 Å². The number of carbonyl (C=O) groups is 1. The summed E-state index contributed by atoms with van der Waals surface area (Å²) in [4.78, 5) is 13.5. The molecule has 110 valence electrons. The minimum absolute atomic E-state index is 0.355. The molecule has 2 rings (SSSR count). The van der Waals surface area contributed by atoms with Crippen molar-refractivity contribution in [3.05, 3.63) is 23.8 Å². The smallest absolute Gasteiger partial charge is 0.337 e. The third kappa shape index (κ3) is 3.06. The van der Waals surface area contributed by atoms with Crippen LogP contribution in [0.2, 0.25) is 0 Å². The highest BCUT2D eigenvalue weighted by Gasteiger charge is 2.24. The predicted molar refractivity (Wildman–Crippen MR) is 79.7 cm³/mol. The Balaban J connectivity index is 2.21. The van der Waals surface area contributed by atoms with E-state index >= 15 is 0 Å². The number of aromatic carboxylic acids is 1. The lowest BCUT2D eigenvalue weighted by Gasteiger charge is -2.36. The van der Waals surface area contributed by atoms with E-state index in [4.69, 9.17) is 4.74 Å². The second-order valence-corrected chi connectivity index (χ2v) is 5.76. The maximum atomic E-state index is 11.4. The zero-order valence-electron chi connectivity index (χ0n) is 12.4. The van der Waals surface area contributed by atoms with Crippen molar-refractivity contribution in [2.24, 2.45) is 11.8 Å². The Hall–Kier alpha value is -1.71. The number of anilines is 1. The zero-order chi connectivity index (χ0) is 14.7. The molecule has 0 saturated carbocycles. The predicted octanol–water partition coefficient (Wildman–Crippen LogP) is 3.27. The van der Waals surface area contributed by atoms with Gasteiger partial charge in [-0.15, -0.1) is 0 Å². The summed E-state index contributed by atoms with van der Waals surface area (Å²) in [6, 6.07) is 5.16. The molecule has 1 aromatic rings. The average molecular weight is 277 g/mol. The second kappa shape index (κ2) is 6.16. The highest BCUT2D eigenvalue weighted by Crippen LogP contribution is 2.32. The zero-order valence-corrected chi connectivity index (χ0v) is 12.4. The van der Waals surface area contributed by atoms with Crippen molar-refractivity contribution >= 4 is 11.7 Å². The Labute approximate surface area is 120 Å². The number of benzene rings is 1. The molecular weight excluding hydrogens is 254 g/mol. The van der Waals surface area contributed by atoms with Crippen LogP contribution in [0.1, 0.15) is 37.0 Å². The molecule has 0 aliphatic carbocycles. The molecule has 1 saturated heterocycles. The summed E-state index contributed by atoms with van der Waals surface area (Å²) in [5, 5.41) is 9.33. The Bertz CT molecular complexity index is 477. The van der Waals surface area contributed by atoms with Gasteiger partial charge >= 0.3 is 5.97 Å². The van der Waals surface area contributed by atoms with Crippen LogP contribution >= 0.6 is 0 Å². The third-order valence-corrected chi connectivity index (χ3v) is 4.26. The van der Waals surface area contributed by atoms with Gasteiger partial charge in [0.2, 0.25) is 0 Å². The quantitative estimate of drug-likeness (QED) is 0.917. The van der Waals surface area contributed by atoms with Crippen LogP contribution in [0.5, 0.6) is 5.75 Å². The Morgan fingerprint density at radius 1 is 1.35 bits per heavy atom. The summed E-state index contributed by atoms with van der Waals surface area (Å²) >= 11 is 0. The molecule has 1 aliphatic heterocycles. The molecule has 1 fully saturated rings. The minimum Gasteiger partial charge on any atom is -0.497 e. The number of carboxylic acids is 1. The van der Waals surface area contributed by atoms with Crippen molar-refractivity contribution in [2.45, 2.75) is 26.7 Å². The number of hydrogen-bond donors (Lipinski definition) is 1. The molecule has 0 amide bonds. The van der Waals surface area contributed by atoms with Gasteiger partial charge in [-0.1, -0.05) is 13.8 Å². The van der Waals surface area contributed by atoms with E-state index in [0.717, 1.165) is 37.5 Å². The van der Waals surface area contributed by atoms with Gasteiger partial charge in [0.25, 0.3) is 0 Å². The lowest BCUT2D eigenvalue weighted by atomic mass is 9.86. The summed E-state index contributed by atoms with van der Waals surface area (Å²) in [5.41, 5.74) is 1.13. The van der Waals surface area contributed by atoms with Crippen LogP contribution in [-0.4, -0.2) is 31.3 Å². The average Bonchev–Trinajstić information content (AvgIpc) is 2.46. The van der Waals surface area contributed by atoms with E-state index < -0.39 is 5.97 Å². The molecule has 4 heteroatoms. The van der Waals surface area contributed by atoms with Gasteiger partial charge in [-0.2, -0.15) is 0 Å². The molecule has 1 aliphatic rings. The molecule has 0 spiro atoms. The van der Waals surface area contributed by atoms with Crippen molar-refractivity contribution in [2.75, 3.05) is 25.1 Å². The van der Waals surface area contributed by atoms with Crippen molar-refractivity contribution in [1.29, 1.82) is 0 Å². The molecule has 0 radical (unpaired) electrons. The first-order valence-electron chi connectivity index (χ1n) is 7.19. The van der Waals surface area contributed by atoms with Crippen LogP contribution in [0.15, 0.2) is 18.2 Å². The highest BCUT2D eigenvalue weighted by atomic mass is 16.5. The van der Waals surface area contributed by atoms with Crippen LogP contribution < -0.4 is 9.64 Å². The van der Waals surface area contributed by atoms with E-state index in [0.29, 0.717) is 17.2 Å². The topological polar surface area (TPSA) is 49.8 Å². The molecule has 0 bridgehead atoms. The Kier molecular flexibility index (Phi) is 4.53. The van der Waals surface area contributed by atoms with Crippen molar-refractivity contribution in [3.63, 3.8) is 0 Å². The van der Waals surface area contributed by atoms with E-state index in [1.54, 1.807) is 19.2 Å². The fourth-order valence-corrected chi connectivity index (χ4v) is 2.89. The van der Waals surface area contributed by atoms with Crippen LogP contribution in [-0.2, 0) is 0 Å². The molecule has 0 atom stereocenters. The first-order valence-corrected chi connectivity index (χ1v) is 7.19. The number of carboxylic acid groups (broad SMARTS) is 1. The third-order valence-electron chi connectivity index (χ3n) is 4.26. The summed E-state index contributed by atoms with van der Waals surface area (Å²) in [7, 11) is 1.60. The van der Waals surface area contributed by atoms with Gasteiger partial charge in [-0.05, 0) is 36.8 Å². The summed E-state index contributed by atoms with van der Waals surface area (Å²) in [6.45, 7) is 6.34. The first kappa shape index (κ1) is 14.7. The molecule has 0 unspecified atom stereocenters. The van der Waals surface area contributed by atoms with Gasteiger partial charge in [-0.25, -0.2) is 4.79 Å². The number of methoxy groups -OCH3 is 1. The molecule has 1 heterocycles. The van der Waals surface area contributed by atoms with E-state index in [2.05, 4.69) is 18.7 Å². The van der Waals surface area contributed by atoms with E-state index in [-0.39, 0.29) is 0 Å². The van der Waals surface area contributed by atoms with Gasteiger partial charge in [0, 0.05) is 19.2 Å². The number of piperidine rings is 1. The SMILES string of the molecule is COc1ccc(C(=O)O)c(N2CCC(C(C)C)CC2)c1. The van der Waals surface area contributed by atoms with Crippen LogP contribution in [0.25, 0.3) is 0 Å². The fourth-order valence-electron chi connectivity index (χ4n) is 2.89. The molecule has 20 heavy (non-hydrogen) atoms. The lowest BCUT2D eigenvalue weighted by Crippen LogP contribution is -2.36. The fraction of sp³-hybridized carbons (Fsp3) is 0.562. The molecule has 0 aromatic heterocycles. The Morgan fingerprint density at radius 2 is 2.00 bits per heavy atom. The van der Waals surface area contributed by atoms with Crippen LogP contribution in [0.4, 0.5) is 5.69 Å². The van der Waals surface area contributed by atoms with Crippen molar-refractivity contribution in [1.82, 2.24) is 0 Å².